The van der Waals surface area contributed by atoms with E-state index in [0.29, 0.717) is 31.4 Å². The molecular formula is C22H29NO5. The zero-order chi connectivity index (χ0) is 19.5. The summed E-state index contributed by atoms with van der Waals surface area (Å²) in [6.07, 6.45) is 5.87. The van der Waals surface area contributed by atoms with E-state index in [4.69, 9.17) is 9.47 Å². The molecule has 6 nitrogen and oxygen atoms in total. The summed E-state index contributed by atoms with van der Waals surface area (Å²) >= 11 is 0. The lowest BCUT2D eigenvalue weighted by atomic mass is 9.85. The second-order valence-electron chi connectivity index (χ2n) is 8.49. The maximum Gasteiger partial charge on any atom is 0.407 e. The zero-order valence-electron chi connectivity index (χ0n) is 16.2. The predicted molar refractivity (Wildman–Crippen MR) is 103 cm³/mol. The summed E-state index contributed by atoms with van der Waals surface area (Å²) in [5, 5.41) is 9.19. The van der Waals surface area contributed by atoms with Crippen LogP contribution >= 0.6 is 0 Å². The lowest BCUT2D eigenvalue weighted by Crippen LogP contribution is -2.42. The van der Waals surface area contributed by atoms with Crippen molar-refractivity contribution >= 4 is 12.1 Å². The molecule has 3 aliphatic rings. The first-order chi connectivity index (χ1) is 13.6. The highest BCUT2D eigenvalue weighted by molar-refractivity contribution is 5.69. The molecule has 28 heavy (non-hydrogen) atoms. The summed E-state index contributed by atoms with van der Waals surface area (Å²) in [6.45, 7) is 0.961. The van der Waals surface area contributed by atoms with E-state index >= 15 is 0 Å². The number of amides is 1. The van der Waals surface area contributed by atoms with Gasteiger partial charge in [0.25, 0.3) is 0 Å². The maximum atomic E-state index is 12.1. The summed E-state index contributed by atoms with van der Waals surface area (Å²) in [5.74, 6) is 0.618. The van der Waals surface area contributed by atoms with E-state index in [2.05, 4.69) is 0 Å². The third-order valence-corrected chi connectivity index (χ3v) is 6.58. The van der Waals surface area contributed by atoms with Gasteiger partial charge in [0.05, 0.1) is 12.2 Å². The Morgan fingerprint density at radius 2 is 1.82 bits per heavy atom. The molecule has 1 aromatic rings. The molecule has 1 aromatic carbocycles. The number of rotatable bonds is 6. The molecule has 3 fully saturated rings. The lowest BCUT2D eigenvalue weighted by molar-refractivity contribution is -0.146. The Bertz CT molecular complexity index is 685. The first kappa shape index (κ1) is 19.2. The van der Waals surface area contributed by atoms with Crippen molar-refractivity contribution in [3.63, 3.8) is 0 Å². The second-order valence-corrected chi connectivity index (χ2v) is 8.49. The van der Waals surface area contributed by atoms with E-state index in [1.165, 1.54) is 0 Å². The van der Waals surface area contributed by atoms with Gasteiger partial charge in [-0.3, -0.25) is 4.79 Å². The number of nitrogens with zero attached hydrogens (tertiary/aromatic N) is 1. The molecule has 4 rings (SSSR count). The fraction of sp³-hybridized carbons (Fsp3) is 0.636. The van der Waals surface area contributed by atoms with Gasteiger partial charge in [0.1, 0.15) is 6.61 Å². The number of likely N-dealkylation sites (tertiary alicyclic amines) is 1. The number of hydrogen-bond donors (Lipinski definition) is 1. The number of ether oxygens (including phenoxy) is 2. The lowest BCUT2D eigenvalue weighted by Gasteiger charge is -2.34. The Morgan fingerprint density at radius 1 is 1.07 bits per heavy atom. The molecule has 2 aliphatic carbocycles. The van der Waals surface area contributed by atoms with Crippen molar-refractivity contribution in [3.05, 3.63) is 35.9 Å². The monoisotopic (exact) mass is 387 g/mol. The third-order valence-electron chi connectivity index (χ3n) is 6.58. The first-order valence-corrected chi connectivity index (χ1v) is 10.4. The molecule has 1 N–H and O–H groups in total. The number of carbonyl (C=O) groups is 2. The van der Waals surface area contributed by atoms with Crippen LogP contribution in [0.25, 0.3) is 0 Å². The molecule has 6 heteroatoms. The Morgan fingerprint density at radius 3 is 2.46 bits per heavy atom. The Balaban J connectivity index is 1.15. The van der Waals surface area contributed by atoms with Gasteiger partial charge >= 0.3 is 12.1 Å². The van der Waals surface area contributed by atoms with E-state index in [1.807, 2.05) is 30.3 Å². The van der Waals surface area contributed by atoms with Crippen molar-refractivity contribution in [1.82, 2.24) is 4.90 Å². The average Bonchev–Trinajstić information content (AvgIpc) is 3.29. The molecule has 1 heterocycles. The summed E-state index contributed by atoms with van der Waals surface area (Å²) in [7, 11) is 0. The van der Waals surface area contributed by atoms with Gasteiger partial charge in [0.2, 0.25) is 0 Å². The highest BCUT2D eigenvalue weighted by atomic mass is 16.5. The highest BCUT2D eigenvalue weighted by Gasteiger charge is 2.48. The van der Waals surface area contributed by atoms with Gasteiger partial charge in [0, 0.05) is 24.9 Å². The zero-order valence-corrected chi connectivity index (χ0v) is 16.2. The number of fused-ring (bicyclic) bond motifs is 2. The minimum Gasteiger partial charge on any atom is -0.465 e. The van der Waals surface area contributed by atoms with E-state index in [9.17, 15) is 14.7 Å². The molecule has 3 atom stereocenters. The van der Waals surface area contributed by atoms with Crippen molar-refractivity contribution in [2.24, 2.45) is 11.8 Å². The van der Waals surface area contributed by atoms with Crippen LogP contribution in [0.2, 0.25) is 0 Å². The summed E-state index contributed by atoms with van der Waals surface area (Å²) in [4.78, 5) is 24.9. The Kier molecular flexibility index (Phi) is 5.85. The van der Waals surface area contributed by atoms with Crippen LogP contribution in [0, 0.1) is 11.8 Å². The van der Waals surface area contributed by atoms with Crippen LogP contribution in [0.4, 0.5) is 4.79 Å². The molecule has 152 valence electrons. The number of piperidine rings is 1. The van der Waals surface area contributed by atoms with Crippen LogP contribution in [0.1, 0.15) is 50.5 Å². The molecule has 3 unspecified atom stereocenters. The van der Waals surface area contributed by atoms with Gasteiger partial charge in [-0.05, 0) is 50.0 Å². The van der Waals surface area contributed by atoms with Crippen LogP contribution in [0.15, 0.2) is 30.3 Å². The van der Waals surface area contributed by atoms with Crippen molar-refractivity contribution < 1.29 is 24.2 Å². The SMILES string of the molecule is O=C(C[C@H]1CC[C@@H](OC2CC3CC2CN3C(=O)O)CC1)OCc1ccccc1. The van der Waals surface area contributed by atoms with Crippen molar-refractivity contribution in [3.8, 4) is 0 Å². The van der Waals surface area contributed by atoms with Gasteiger partial charge < -0.3 is 19.5 Å². The fourth-order valence-electron chi connectivity index (χ4n) is 5.06. The molecule has 1 aliphatic heterocycles. The fourth-order valence-corrected chi connectivity index (χ4v) is 5.06. The standard InChI is InChI=1S/C22H29NO5/c24-21(27-14-16-4-2-1-3-5-16)10-15-6-8-19(9-7-15)28-20-12-18-11-17(20)13-23(18)22(25)26/h1-5,15,17-20H,6-14H2,(H,25,26)/t15-,17?,18?,19+,20?. The van der Waals surface area contributed by atoms with Crippen LogP contribution in [0.3, 0.4) is 0 Å². The number of esters is 1. The van der Waals surface area contributed by atoms with E-state index in [0.717, 1.165) is 44.1 Å². The first-order valence-electron chi connectivity index (χ1n) is 10.4. The summed E-state index contributed by atoms with van der Waals surface area (Å²) < 4.78 is 11.7. The molecule has 2 bridgehead atoms. The Hall–Kier alpha value is -2.08. The summed E-state index contributed by atoms with van der Waals surface area (Å²) in [5.41, 5.74) is 1.01. The molecular weight excluding hydrogens is 358 g/mol. The van der Waals surface area contributed by atoms with Crippen molar-refractivity contribution in [2.45, 2.75) is 69.8 Å². The number of benzene rings is 1. The molecule has 1 saturated heterocycles. The second kappa shape index (κ2) is 8.52. The number of carbonyl (C=O) groups excluding carboxylic acids is 1. The number of carboxylic acid groups (broad SMARTS) is 1. The number of hydrogen-bond acceptors (Lipinski definition) is 4. The quantitative estimate of drug-likeness (QED) is 0.751. The smallest absolute Gasteiger partial charge is 0.407 e. The Labute approximate surface area is 165 Å². The van der Waals surface area contributed by atoms with Gasteiger partial charge in [-0.25, -0.2) is 4.79 Å². The minimum atomic E-state index is -0.800. The van der Waals surface area contributed by atoms with Gasteiger partial charge in [0.15, 0.2) is 0 Å². The molecule has 1 amide bonds. The molecule has 0 aromatic heterocycles. The third kappa shape index (κ3) is 4.49. The van der Waals surface area contributed by atoms with Crippen molar-refractivity contribution in [2.75, 3.05) is 6.54 Å². The highest BCUT2D eigenvalue weighted by Crippen LogP contribution is 2.41. The van der Waals surface area contributed by atoms with Crippen molar-refractivity contribution in [1.29, 1.82) is 0 Å². The molecule has 2 saturated carbocycles. The predicted octanol–water partition coefficient (Wildman–Crippen LogP) is 3.84. The van der Waals surface area contributed by atoms with E-state index in [1.54, 1.807) is 4.90 Å². The van der Waals surface area contributed by atoms with Gasteiger partial charge in [-0.2, -0.15) is 0 Å². The van der Waals surface area contributed by atoms with Crippen LogP contribution < -0.4 is 0 Å². The van der Waals surface area contributed by atoms with Crippen LogP contribution in [-0.4, -0.2) is 46.9 Å². The summed E-state index contributed by atoms with van der Waals surface area (Å²) in [6, 6.07) is 9.90. The van der Waals surface area contributed by atoms with E-state index < -0.39 is 6.09 Å². The van der Waals surface area contributed by atoms with Crippen LogP contribution in [-0.2, 0) is 20.9 Å². The minimum absolute atomic E-state index is 0.116. The van der Waals surface area contributed by atoms with Gasteiger partial charge in [-0.15, -0.1) is 0 Å². The normalized spacial score (nSPS) is 31.7. The van der Waals surface area contributed by atoms with E-state index in [-0.39, 0.29) is 24.2 Å². The molecule has 0 radical (unpaired) electrons. The average molecular weight is 387 g/mol. The largest absolute Gasteiger partial charge is 0.465 e. The van der Waals surface area contributed by atoms with Gasteiger partial charge in [-0.1, -0.05) is 30.3 Å². The van der Waals surface area contributed by atoms with Crippen LogP contribution in [0.5, 0.6) is 0 Å². The maximum absolute atomic E-state index is 12.1. The topological polar surface area (TPSA) is 76.1 Å². The molecule has 0 spiro atoms.